The number of carbonyl (C=O) groups is 4. The number of aryl methyl sites for hydroxylation is 1. The number of benzene rings is 1. The van der Waals surface area contributed by atoms with Gasteiger partial charge in [-0.15, -0.1) is 0 Å². The number of fused-ring (bicyclic) bond motifs is 5. The number of rotatable bonds is 10. The second-order valence-electron chi connectivity index (χ2n) is 14.6. The zero-order chi connectivity index (χ0) is 35.8. The molecule has 4 rings (SSSR count). The highest BCUT2D eigenvalue weighted by molar-refractivity contribution is 5.88. The van der Waals surface area contributed by atoms with Gasteiger partial charge in [-0.3, -0.25) is 9.59 Å². The third kappa shape index (κ3) is 8.45. The molecule has 2 fully saturated rings. The fraction of sp³-hybridized carbons (Fsp3) is 0.706. The van der Waals surface area contributed by atoms with Gasteiger partial charge in [-0.25, -0.2) is 9.59 Å². The van der Waals surface area contributed by atoms with Crippen molar-refractivity contribution in [1.82, 2.24) is 10.6 Å². The van der Waals surface area contributed by atoms with Crippen LogP contribution in [0.15, 0.2) is 18.2 Å². The normalized spacial score (nSPS) is 26.5. The molecule has 1 aromatic rings. The number of amides is 2. The van der Waals surface area contributed by atoms with Gasteiger partial charge in [-0.2, -0.15) is 26.3 Å². The Bertz CT molecular complexity index is 1380. The summed E-state index contributed by atoms with van der Waals surface area (Å²) in [6.45, 7) is 8.96. The molecule has 7 atom stereocenters. The summed E-state index contributed by atoms with van der Waals surface area (Å²) in [6.07, 6.45) is -6.56. The first-order valence-corrected chi connectivity index (χ1v) is 16.5. The van der Waals surface area contributed by atoms with E-state index in [1.165, 1.54) is 0 Å². The minimum absolute atomic E-state index is 0.00682. The summed E-state index contributed by atoms with van der Waals surface area (Å²) in [5.41, 5.74) is 1.65. The van der Waals surface area contributed by atoms with Gasteiger partial charge in [0.25, 0.3) is 0 Å². The lowest BCUT2D eigenvalue weighted by Crippen LogP contribution is -2.50. The smallest absolute Gasteiger partial charge is 0.460 e. The Balaban J connectivity index is 1.44. The van der Waals surface area contributed by atoms with Gasteiger partial charge in [0.05, 0.1) is 0 Å². The Morgan fingerprint density at radius 1 is 0.833 bits per heavy atom. The third-order valence-electron chi connectivity index (χ3n) is 10.2. The Labute approximate surface area is 276 Å². The molecule has 0 heterocycles. The summed E-state index contributed by atoms with van der Waals surface area (Å²) in [5.74, 6) is -5.81. The maximum atomic E-state index is 13.1. The van der Waals surface area contributed by atoms with Crippen LogP contribution in [0, 0.1) is 29.1 Å². The molecule has 2 N–H and O–H groups in total. The van der Waals surface area contributed by atoms with Crippen LogP contribution in [-0.4, -0.2) is 54.3 Å². The molecular formula is C34H44F6N2O6. The highest BCUT2D eigenvalue weighted by atomic mass is 19.4. The number of hydrogen-bond donors (Lipinski definition) is 2. The fourth-order valence-electron chi connectivity index (χ4n) is 8.03. The van der Waals surface area contributed by atoms with Crippen LogP contribution in [0.2, 0.25) is 0 Å². The molecule has 0 bridgehead atoms. The summed E-state index contributed by atoms with van der Waals surface area (Å²) in [4.78, 5) is 49.2. The second kappa shape index (κ2) is 14.3. The molecule has 0 aliphatic heterocycles. The van der Waals surface area contributed by atoms with Crippen molar-refractivity contribution in [2.24, 2.45) is 29.1 Å². The first-order chi connectivity index (χ1) is 22.2. The van der Waals surface area contributed by atoms with E-state index in [9.17, 15) is 45.5 Å². The maximum absolute atomic E-state index is 13.1. The monoisotopic (exact) mass is 690 g/mol. The van der Waals surface area contributed by atoms with Crippen molar-refractivity contribution >= 4 is 23.8 Å². The van der Waals surface area contributed by atoms with Gasteiger partial charge in [0, 0.05) is 5.41 Å². The van der Waals surface area contributed by atoms with Gasteiger partial charge < -0.3 is 20.1 Å². The predicted octanol–water partition coefficient (Wildman–Crippen LogP) is 6.55. The van der Waals surface area contributed by atoms with Gasteiger partial charge in [-0.1, -0.05) is 40.7 Å². The van der Waals surface area contributed by atoms with Crippen molar-refractivity contribution < 1.29 is 55.0 Å². The first kappa shape index (κ1) is 37.5. The molecule has 0 saturated heterocycles. The number of halogens is 6. The summed E-state index contributed by atoms with van der Waals surface area (Å²) in [6, 6.07) is 2.31. The predicted molar refractivity (Wildman–Crippen MR) is 161 cm³/mol. The quantitative estimate of drug-likeness (QED) is 0.164. The van der Waals surface area contributed by atoms with Crippen molar-refractivity contribution in [3.8, 4) is 5.75 Å². The van der Waals surface area contributed by atoms with Crippen LogP contribution in [0.25, 0.3) is 0 Å². The van der Waals surface area contributed by atoms with E-state index >= 15 is 0 Å². The van der Waals surface area contributed by atoms with Crippen molar-refractivity contribution in [1.29, 1.82) is 0 Å². The Morgan fingerprint density at radius 3 is 1.94 bits per heavy atom. The second-order valence-corrected chi connectivity index (χ2v) is 14.6. The number of hydrogen-bond acceptors (Lipinski definition) is 6. The molecule has 2 amide bonds. The Kier molecular flexibility index (Phi) is 11.1. The lowest BCUT2D eigenvalue weighted by Gasteiger charge is -2.50. The van der Waals surface area contributed by atoms with Crippen molar-refractivity contribution in [3.05, 3.63) is 29.3 Å². The molecule has 0 spiro atoms. The van der Waals surface area contributed by atoms with E-state index in [-0.39, 0.29) is 48.2 Å². The van der Waals surface area contributed by atoms with Gasteiger partial charge in [0.15, 0.2) is 0 Å². The van der Waals surface area contributed by atoms with Gasteiger partial charge >= 0.3 is 36.1 Å². The van der Waals surface area contributed by atoms with Crippen LogP contribution in [0.3, 0.4) is 0 Å². The van der Waals surface area contributed by atoms with E-state index in [0.29, 0.717) is 19.3 Å². The van der Waals surface area contributed by atoms with Crippen LogP contribution < -0.4 is 15.4 Å². The molecule has 1 aromatic carbocycles. The molecule has 14 heteroatoms. The van der Waals surface area contributed by atoms with Crippen molar-refractivity contribution in [2.75, 3.05) is 0 Å². The SMILES string of the molecule is CC(C)C[C@H](NC(=O)C(F)(F)F)C(=O)Oc1ccc2c(c1)CCC1C2CC[C@@]2(C)C1CC[C@@H]2OC(=O)[C@@H](CC(C)C)NC(=O)C(F)(F)F. The van der Waals surface area contributed by atoms with E-state index in [2.05, 4.69) is 6.92 Å². The summed E-state index contributed by atoms with van der Waals surface area (Å²) < 4.78 is 88.8. The molecule has 3 aliphatic carbocycles. The molecule has 2 saturated carbocycles. The maximum Gasteiger partial charge on any atom is 0.471 e. The van der Waals surface area contributed by atoms with Gasteiger partial charge in [-0.05, 0) is 104 Å². The first-order valence-electron chi connectivity index (χ1n) is 16.5. The van der Waals surface area contributed by atoms with Crippen LogP contribution >= 0.6 is 0 Å². The van der Waals surface area contributed by atoms with Crippen LogP contribution in [0.5, 0.6) is 5.75 Å². The zero-order valence-corrected chi connectivity index (χ0v) is 27.7. The van der Waals surface area contributed by atoms with Crippen molar-refractivity contribution in [3.63, 3.8) is 0 Å². The minimum Gasteiger partial charge on any atom is -0.460 e. The molecule has 0 aromatic heterocycles. The molecule has 268 valence electrons. The highest BCUT2D eigenvalue weighted by Crippen LogP contribution is 2.61. The van der Waals surface area contributed by atoms with E-state index in [4.69, 9.17) is 9.47 Å². The topological polar surface area (TPSA) is 111 Å². The molecule has 0 radical (unpaired) electrons. The van der Waals surface area contributed by atoms with Crippen LogP contribution in [0.1, 0.15) is 96.6 Å². The lowest BCUT2D eigenvalue weighted by atomic mass is 9.55. The number of carbonyl (C=O) groups excluding carboxylic acids is 4. The molecule has 3 aliphatic rings. The summed E-state index contributed by atoms with van der Waals surface area (Å²) in [7, 11) is 0. The van der Waals surface area contributed by atoms with Crippen LogP contribution in [0.4, 0.5) is 26.3 Å². The number of alkyl halides is 6. The Hall–Kier alpha value is -3.32. The largest absolute Gasteiger partial charge is 0.471 e. The van der Waals surface area contributed by atoms with E-state index < -0.39 is 59.7 Å². The summed E-state index contributed by atoms with van der Waals surface area (Å²) >= 11 is 0. The van der Waals surface area contributed by atoms with Gasteiger partial charge in [0.2, 0.25) is 0 Å². The van der Waals surface area contributed by atoms with E-state index in [1.807, 2.05) is 11.4 Å². The molecule has 3 unspecified atom stereocenters. The van der Waals surface area contributed by atoms with Gasteiger partial charge in [0.1, 0.15) is 23.9 Å². The highest BCUT2D eigenvalue weighted by Gasteiger charge is 2.56. The van der Waals surface area contributed by atoms with E-state index in [1.54, 1.807) is 45.1 Å². The van der Waals surface area contributed by atoms with Crippen LogP contribution in [-0.2, 0) is 30.3 Å². The summed E-state index contributed by atoms with van der Waals surface area (Å²) in [5, 5.41) is 3.56. The average molecular weight is 691 g/mol. The minimum atomic E-state index is -5.14. The number of esters is 2. The third-order valence-corrected chi connectivity index (χ3v) is 10.2. The lowest BCUT2D eigenvalue weighted by molar-refractivity contribution is -0.177. The standard InChI is InChI=1S/C34H44F6N2O6/c1-17(2)14-25(41-30(45)33(35,36)37)28(43)47-20-7-9-21-19(16-20)6-8-23-22(21)12-13-32(5)24(23)10-11-27(32)48-29(44)26(15-18(3)4)42-31(46)34(38,39)40/h7,9,16-18,22-27H,6,8,10-15H2,1-5H3,(H,41,45)(H,42,46)/t22?,23?,24?,25-,26+,27-,32-/m0/s1. The zero-order valence-electron chi connectivity index (χ0n) is 27.7. The Morgan fingerprint density at radius 2 is 1.40 bits per heavy atom. The fourth-order valence-corrected chi connectivity index (χ4v) is 8.03. The molecular weight excluding hydrogens is 646 g/mol. The molecule has 48 heavy (non-hydrogen) atoms. The average Bonchev–Trinajstić information content (AvgIpc) is 3.30. The van der Waals surface area contributed by atoms with Crippen molar-refractivity contribution in [2.45, 2.75) is 122 Å². The molecule has 8 nitrogen and oxygen atoms in total. The van der Waals surface area contributed by atoms with E-state index in [0.717, 1.165) is 30.4 Å². The number of ether oxygens (including phenoxy) is 2. The number of nitrogens with one attached hydrogen (secondary N) is 2.